The molecule has 2 nitrogen and oxygen atoms in total. The summed E-state index contributed by atoms with van der Waals surface area (Å²) in [6, 6.07) is 74.7. The van der Waals surface area contributed by atoms with E-state index in [9.17, 15) is 0 Å². The third-order valence-corrected chi connectivity index (χ3v) is 12.7. The lowest BCUT2D eigenvalue weighted by Gasteiger charge is -2.19. The van der Waals surface area contributed by atoms with Crippen molar-refractivity contribution in [3.63, 3.8) is 0 Å². The molecule has 2 aromatic heterocycles. The third kappa shape index (κ3) is 4.82. The van der Waals surface area contributed by atoms with Gasteiger partial charge in [-0.25, -0.2) is 0 Å². The molecule has 0 fully saturated rings. The predicted molar refractivity (Wildman–Crippen MR) is 253 cm³/mol. The first-order chi connectivity index (χ1) is 29.8. The van der Waals surface area contributed by atoms with Crippen molar-refractivity contribution in [2.75, 3.05) is 0 Å². The van der Waals surface area contributed by atoms with Crippen LogP contribution in [0.4, 0.5) is 0 Å². The molecule has 278 valence electrons. The minimum Gasteiger partial charge on any atom is -0.456 e. The average Bonchev–Trinajstić information content (AvgIpc) is 3.88. The molecule has 2 heterocycles. The van der Waals surface area contributed by atoms with Crippen molar-refractivity contribution in [1.82, 2.24) is 0 Å². The van der Waals surface area contributed by atoms with Crippen molar-refractivity contribution in [2.45, 2.75) is 0 Å². The van der Waals surface area contributed by atoms with E-state index in [0.29, 0.717) is 0 Å². The molecule has 0 aliphatic heterocycles. The van der Waals surface area contributed by atoms with Crippen LogP contribution in [0.1, 0.15) is 0 Å². The summed E-state index contributed by atoms with van der Waals surface area (Å²) in [5, 5.41) is 14.4. The maximum Gasteiger partial charge on any atom is 0.135 e. The maximum absolute atomic E-state index is 6.23. The lowest BCUT2D eigenvalue weighted by atomic mass is 9.84. The summed E-state index contributed by atoms with van der Waals surface area (Å²) >= 11 is 0. The second-order valence-electron chi connectivity index (χ2n) is 15.9. The number of rotatable bonds is 4. The topological polar surface area (TPSA) is 26.3 Å². The van der Waals surface area contributed by atoms with Crippen LogP contribution >= 0.6 is 0 Å². The Hall–Kier alpha value is -7.94. The van der Waals surface area contributed by atoms with Crippen LogP contribution in [0.5, 0.6) is 0 Å². The van der Waals surface area contributed by atoms with E-state index in [0.717, 1.165) is 43.9 Å². The smallest absolute Gasteiger partial charge is 0.135 e. The lowest BCUT2D eigenvalue weighted by Crippen LogP contribution is -1.92. The molecule has 0 N–H and O–H groups in total. The zero-order valence-electron chi connectivity index (χ0n) is 32.4. The average molecular weight is 763 g/mol. The Morgan fingerprint density at radius 2 is 0.417 bits per heavy atom. The number of para-hydroxylation sites is 2. The monoisotopic (exact) mass is 762 g/mol. The molecule has 0 saturated heterocycles. The van der Waals surface area contributed by atoms with Crippen molar-refractivity contribution < 1.29 is 8.83 Å². The fraction of sp³-hybridized carbons (Fsp3) is 0. The minimum absolute atomic E-state index is 0.907. The quantitative estimate of drug-likeness (QED) is 0.167. The Labute approximate surface area is 345 Å². The Balaban J connectivity index is 0.994. The van der Waals surface area contributed by atoms with Gasteiger partial charge in [0.05, 0.1) is 0 Å². The van der Waals surface area contributed by atoms with Gasteiger partial charge >= 0.3 is 0 Å². The van der Waals surface area contributed by atoms with Gasteiger partial charge in [0.25, 0.3) is 0 Å². The second kappa shape index (κ2) is 12.8. The molecule has 0 unspecified atom stereocenters. The van der Waals surface area contributed by atoms with Gasteiger partial charge in [-0.3, -0.25) is 0 Å². The van der Waals surface area contributed by atoms with E-state index >= 15 is 0 Å². The molecule has 0 aliphatic rings. The summed E-state index contributed by atoms with van der Waals surface area (Å²) in [5.41, 5.74) is 13.4. The SMILES string of the molecule is c1ccc2c(c1)oc1ccc(-c3c4ccccc4c(-c4ccc(-c5c6ccccc6c(-c6ccc7oc8ccccc8c7c6)c6ccccc56)cc4)c4ccccc34)cc12. The standard InChI is InChI=1S/C58H34O2/c1-5-19-45-41(15-1)55(42-16-2-6-20-46(42)57(45)37-29-31-53-49(33-37)39-13-9-11-23-51(39)59-53)35-25-27-36(28-26-35)56-43-17-3-7-21-47(43)58(48-22-8-4-18-44(48)56)38-30-32-54-50(34-38)40-14-10-12-24-52(40)60-54/h1-34H. The highest BCUT2D eigenvalue weighted by atomic mass is 16.3. The summed E-state index contributed by atoms with van der Waals surface area (Å²) < 4.78 is 12.5. The van der Waals surface area contributed by atoms with Gasteiger partial charge in [-0.05, 0) is 124 Å². The van der Waals surface area contributed by atoms with Gasteiger partial charge in [0.2, 0.25) is 0 Å². The Morgan fingerprint density at radius 3 is 0.733 bits per heavy atom. The first kappa shape index (κ1) is 33.1. The van der Waals surface area contributed by atoms with Crippen LogP contribution in [0.25, 0.3) is 131 Å². The fourth-order valence-corrected chi connectivity index (χ4v) is 10.1. The summed E-state index contributed by atoms with van der Waals surface area (Å²) in [5.74, 6) is 0. The van der Waals surface area contributed by atoms with Gasteiger partial charge in [-0.15, -0.1) is 0 Å². The Bertz CT molecular complexity index is 3510. The molecule has 60 heavy (non-hydrogen) atoms. The van der Waals surface area contributed by atoms with Gasteiger partial charge in [0.15, 0.2) is 0 Å². The van der Waals surface area contributed by atoms with E-state index in [-0.39, 0.29) is 0 Å². The van der Waals surface area contributed by atoms with E-state index in [1.165, 1.54) is 87.6 Å². The van der Waals surface area contributed by atoms with E-state index < -0.39 is 0 Å². The zero-order chi connectivity index (χ0) is 39.3. The van der Waals surface area contributed by atoms with Gasteiger partial charge in [-0.2, -0.15) is 0 Å². The first-order valence-corrected chi connectivity index (χ1v) is 20.6. The molecule has 0 bridgehead atoms. The summed E-state index contributed by atoms with van der Waals surface area (Å²) in [7, 11) is 0. The molecule has 2 heteroatoms. The predicted octanol–water partition coefficient (Wildman–Crippen LogP) is 16.8. The summed E-state index contributed by atoms with van der Waals surface area (Å²) in [6.07, 6.45) is 0. The zero-order valence-corrected chi connectivity index (χ0v) is 32.4. The van der Waals surface area contributed by atoms with Gasteiger partial charge in [0.1, 0.15) is 22.3 Å². The molecule has 13 aromatic rings. The largest absolute Gasteiger partial charge is 0.456 e. The third-order valence-electron chi connectivity index (χ3n) is 12.7. The van der Waals surface area contributed by atoms with Crippen molar-refractivity contribution in [1.29, 1.82) is 0 Å². The number of fused-ring (bicyclic) bond motifs is 10. The molecule has 0 aliphatic carbocycles. The second-order valence-corrected chi connectivity index (χ2v) is 15.9. The van der Waals surface area contributed by atoms with E-state index in [2.05, 4.69) is 182 Å². The van der Waals surface area contributed by atoms with Crippen molar-refractivity contribution in [3.8, 4) is 44.5 Å². The number of hydrogen-bond donors (Lipinski definition) is 0. The van der Waals surface area contributed by atoms with Crippen LogP contribution in [-0.4, -0.2) is 0 Å². The molecule has 13 rings (SSSR count). The first-order valence-electron chi connectivity index (χ1n) is 20.6. The maximum atomic E-state index is 6.23. The Kier molecular flexibility index (Phi) is 7.05. The van der Waals surface area contributed by atoms with Gasteiger partial charge in [-0.1, -0.05) is 170 Å². The van der Waals surface area contributed by atoms with Crippen LogP contribution in [-0.2, 0) is 0 Å². The molecule has 11 aromatic carbocycles. The molecule has 0 amide bonds. The van der Waals surface area contributed by atoms with Crippen molar-refractivity contribution in [3.05, 3.63) is 206 Å². The highest BCUT2D eigenvalue weighted by molar-refractivity contribution is 6.24. The van der Waals surface area contributed by atoms with E-state index in [1.807, 2.05) is 24.3 Å². The molecular weight excluding hydrogens is 729 g/mol. The summed E-state index contributed by atoms with van der Waals surface area (Å²) in [4.78, 5) is 0. The van der Waals surface area contributed by atoms with E-state index in [1.54, 1.807) is 0 Å². The summed E-state index contributed by atoms with van der Waals surface area (Å²) in [6.45, 7) is 0. The van der Waals surface area contributed by atoms with Crippen LogP contribution in [0.3, 0.4) is 0 Å². The van der Waals surface area contributed by atoms with Crippen LogP contribution in [0.2, 0.25) is 0 Å². The lowest BCUT2D eigenvalue weighted by molar-refractivity contribution is 0.668. The molecule has 0 saturated carbocycles. The number of furan rings is 2. The molecule has 0 atom stereocenters. The van der Waals surface area contributed by atoms with Crippen LogP contribution < -0.4 is 0 Å². The fourth-order valence-electron chi connectivity index (χ4n) is 10.1. The molecule has 0 spiro atoms. The van der Waals surface area contributed by atoms with Crippen LogP contribution in [0.15, 0.2) is 215 Å². The van der Waals surface area contributed by atoms with Gasteiger partial charge < -0.3 is 8.83 Å². The highest BCUT2D eigenvalue weighted by Crippen LogP contribution is 2.47. The molecular formula is C58H34O2. The normalized spacial score (nSPS) is 12.0. The molecule has 0 radical (unpaired) electrons. The van der Waals surface area contributed by atoms with Crippen molar-refractivity contribution in [2.24, 2.45) is 0 Å². The van der Waals surface area contributed by atoms with Crippen molar-refractivity contribution >= 4 is 87.0 Å². The number of hydrogen-bond acceptors (Lipinski definition) is 2. The highest BCUT2D eigenvalue weighted by Gasteiger charge is 2.20. The van der Waals surface area contributed by atoms with E-state index in [4.69, 9.17) is 8.83 Å². The van der Waals surface area contributed by atoms with Crippen LogP contribution in [0, 0.1) is 0 Å². The Morgan fingerprint density at radius 1 is 0.183 bits per heavy atom. The minimum atomic E-state index is 0.907. The van der Waals surface area contributed by atoms with Gasteiger partial charge in [0, 0.05) is 21.5 Å². The number of benzene rings is 11.